The summed E-state index contributed by atoms with van der Waals surface area (Å²) < 4.78 is 5.26. The molecule has 1 heterocycles. The molecule has 4 heteroatoms. The Hall–Kier alpha value is -0.610. The summed E-state index contributed by atoms with van der Waals surface area (Å²) in [6.07, 6.45) is 2.50. The minimum Gasteiger partial charge on any atom is -0.481 e. The summed E-state index contributed by atoms with van der Waals surface area (Å²) in [6, 6.07) is 0. The van der Waals surface area contributed by atoms with Crippen LogP contribution in [0, 0.1) is 5.41 Å². The number of rotatable bonds is 4. The summed E-state index contributed by atoms with van der Waals surface area (Å²) in [7, 11) is 0. The van der Waals surface area contributed by atoms with Crippen molar-refractivity contribution in [3.63, 3.8) is 0 Å². The lowest BCUT2D eigenvalue weighted by molar-refractivity contribution is -0.138. The molecule has 1 aliphatic carbocycles. The molecule has 0 radical (unpaired) electrons. The summed E-state index contributed by atoms with van der Waals surface area (Å²) in [5, 5.41) is 8.78. The molecule has 2 rings (SSSR count). The number of hydrogen-bond acceptors (Lipinski definition) is 3. The molecule has 0 aromatic rings. The van der Waals surface area contributed by atoms with E-state index in [1.807, 2.05) is 0 Å². The van der Waals surface area contributed by atoms with Crippen LogP contribution in [0.15, 0.2) is 0 Å². The van der Waals surface area contributed by atoms with Crippen molar-refractivity contribution < 1.29 is 14.6 Å². The SMILES string of the molecule is O=C(O)CC1(CN2CCOCC2)CC1. The molecule has 2 fully saturated rings. The number of aliphatic carboxylic acids is 1. The zero-order valence-electron chi connectivity index (χ0n) is 8.37. The van der Waals surface area contributed by atoms with Gasteiger partial charge in [-0.25, -0.2) is 0 Å². The van der Waals surface area contributed by atoms with Gasteiger partial charge in [-0.3, -0.25) is 9.69 Å². The second-order valence-corrected chi connectivity index (χ2v) is 4.46. The number of morpholine rings is 1. The van der Waals surface area contributed by atoms with Crippen LogP contribution in [0.25, 0.3) is 0 Å². The Kier molecular flexibility index (Phi) is 2.74. The second-order valence-electron chi connectivity index (χ2n) is 4.46. The van der Waals surface area contributed by atoms with Gasteiger partial charge in [0.1, 0.15) is 0 Å². The monoisotopic (exact) mass is 199 g/mol. The van der Waals surface area contributed by atoms with Crippen molar-refractivity contribution in [3.8, 4) is 0 Å². The van der Waals surface area contributed by atoms with Crippen molar-refractivity contribution in [1.29, 1.82) is 0 Å². The first-order chi connectivity index (χ1) is 6.70. The molecule has 2 aliphatic rings. The van der Waals surface area contributed by atoms with E-state index in [4.69, 9.17) is 9.84 Å². The molecule has 0 spiro atoms. The predicted molar refractivity (Wildman–Crippen MR) is 51.2 cm³/mol. The van der Waals surface area contributed by atoms with Gasteiger partial charge in [-0.1, -0.05) is 0 Å². The molecule has 0 atom stereocenters. The highest BCUT2D eigenvalue weighted by atomic mass is 16.5. The van der Waals surface area contributed by atoms with Gasteiger partial charge in [-0.05, 0) is 18.3 Å². The van der Waals surface area contributed by atoms with Gasteiger partial charge in [0.2, 0.25) is 0 Å². The van der Waals surface area contributed by atoms with Crippen molar-refractivity contribution in [1.82, 2.24) is 4.90 Å². The number of nitrogens with zero attached hydrogens (tertiary/aromatic N) is 1. The van der Waals surface area contributed by atoms with Crippen LogP contribution in [0.5, 0.6) is 0 Å². The van der Waals surface area contributed by atoms with Crippen molar-refractivity contribution in [3.05, 3.63) is 0 Å². The standard InChI is InChI=1S/C10H17NO3/c12-9(13)7-10(1-2-10)8-11-3-5-14-6-4-11/h1-8H2,(H,12,13). The third-order valence-electron chi connectivity index (χ3n) is 3.15. The molecular weight excluding hydrogens is 182 g/mol. The lowest BCUT2D eigenvalue weighted by Gasteiger charge is -2.29. The molecule has 0 aromatic carbocycles. The Bertz CT molecular complexity index is 219. The number of ether oxygens (including phenoxy) is 1. The predicted octanol–water partition coefficient (Wildman–Crippen LogP) is 0.573. The van der Waals surface area contributed by atoms with Crippen molar-refractivity contribution >= 4 is 5.97 Å². The average molecular weight is 199 g/mol. The van der Waals surface area contributed by atoms with E-state index in [2.05, 4.69) is 4.90 Å². The number of hydrogen-bond donors (Lipinski definition) is 1. The lowest BCUT2D eigenvalue weighted by Crippen LogP contribution is -2.40. The van der Waals surface area contributed by atoms with Gasteiger partial charge in [-0.15, -0.1) is 0 Å². The average Bonchev–Trinajstić information content (AvgIpc) is 2.85. The largest absolute Gasteiger partial charge is 0.481 e. The Balaban J connectivity index is 1.80. The molecule has 0 unspecified atom stereocenters. The molecule has 0 aromatic heterocycles. The zero-order chi connectivity index (χ0) is 10.0. The Morgan fingerprint density at radius 2 is 2.00 bits per heavy atom. The summed E-state index contributed by atoms with van der Waals surface area (Å²) in [6.45, 7) is 4.46. The Morgan fingerprint density at radius 1 is 1.36 bits per heavy atom. The van der Waals surface area contributed by atoms with Crippen LogP contribution in [0.1, 0.15) is 19.3 Å². The number of carbonyl (C=O) groups is 1. The molecule has 0 bridgehead atoms. The molecular formula is C10H17NO3. The van der Waals surface area contributed by atoms with Crippen LogP contribution < -0.4 is 0 Å². The quantitative estimate of drug-likeness (QED) is 0.719. The van der Waals surface area contributed by atoms with E-state index in [1.54, 1.807) is 0 Å². The van der Waals surface area contributed by atoms with Gasteiger partial charge < -0.3 is 9.84 Å². The third kappa shape index (κ3) is 2.45. The molecule has 1 aliphatic heterocycles. The molecule has 80 valence electrons. The first kappa shape index (κ1) is 9.93. The van der Waals surface area contributed by atoms with Gasteiger partial charge >= 0.3 is 5.97 Å². The lowest BCUT2D eigenvalue weighted by atomic mass is 10.0. The van der Waals surface area contributed by atoms with E-state index in [0.29, 0.717) is 6.42 Å². The van der Waals surface area contributed by atoms with Crippen molar-refractivity contribution in [2.45, 2.75) is 19.3 Å². The van der Waals surface area contributed by atoms with E-state index in [9.17, 15) is 4.79 Å². The van der Waals surface area contributed by atoms with E-state index in [-0.39, 0.29) is 5.41 Å². The molecule has 14 heavy (non-hydrogen) atoms. The fourth-order valence-corrected chi connectivity index (χ4v) is 2.12. The number of carboxylic acids is 1. The minimum atomic E-state index is -0.657. The first-order valence-electron chi connectivity index (χ1n) is 5.22. The maximum Gasteiger partial charge on any atom is 0.303 e. The second kappa shape index (κ2) is 3.87. The summed E-state index contributed by atoms with van der Waals surface area (Å²) in [5.74, 6) is -0.657. The van der Waals surface area contributed by atoms with Gasteiger partial charge in [0.15, 0.2) is 0 Å². The maximum absolute atomic E-state index is 10.7. The summed E-state index contributed by atoms with van der Waals surface area (Å²) >= 11 is 0. The zero-order valence-corrected chi connectivity index (χ0v) is 8.37. The highest BCUT2D eigenvalue weighted by Crippen LogP contribution is 2.49. The van der Waals surface area contributed by atoms with Crippen molar-refractivity contribution in [2.24, 2.45) is 5.41 Å². The van der Waals surface area contributed by atoms with Gasteiger partial charge in [0.25, 0.3) is 0 Å². The van der Waals surface area contributed by atoms with E-state index in [0.717, 1.165) is 45.7 Å². The normalized spacial score (nSPS) is 26.0. The van der Waals surface area contributed by atoms with E-state index in [1.165, 1.54) is 0 Å². The van der Waals surface area contributed by atoms with Crippen LogP contribution in [-0.2, 0) is 9.53 Å². The fraction of sp³-hybridized carbons (Fsp3) is 0.900. The van der Waals surface area contributed by atoms with Gasteiger partial charge in [0, 0.05) is 19.6 Å². The van der Waals surface area contributed by atoms with Crippen LogP contribution in [0.3, 0.4) is 0 Å². The third-order valence-corrected chi connectivity index (χ3v) is 3.15. The molecule has 1 N–H and O–H groups in total. The summed E-state index contributed by atoms with van der Waals surface area (Å²) in [4.78, 5) is 13.0. The molecule has 4 nitrogen and oxygen atoms in total. The van der Waals surface area contributed by atoms with E-state index < -0.39 is 5.97 Å². The molecule has 1 saturated heterocycles. The first-order valence-corrected chi connectivity index (χ1v) is 5.22. The van der Waals surface area contributed by atoms with Gasteiger partial charge in [0.05, 0.1) is 19.6 Å². The topological polar surface area (TPSA) is 49.8 Å². The van der Waals surface area contributed by atoms with E-state index >= 15 is 0 Å². The highest BCUT2D eigenvalue weighted by molar-refractivity contribution is 5.68. The Labute approximate surface area is 83.8 Å². The minimum absolute atomic E-state index is 0.100. The summed E-state index contributed by atoms with van der Waals surface area (Å²) in [5.41, 5.74) is 0.100. The van der Waals surface area contributed by atoms with Crippen LogP contribution >= 0.6 is 0 Å². The fourth-order valence-electron chi connectivity index (χ4n) is 2.12. The van der Waals surface area contributed by atoms with Crippen LogP contribution in [0.2, 0.25) is 0 Å². The molecule has 1 saturated carbocycles. The van der Waals surface area contributed by atoms with Crippen molar-refractivity contribution in [2.75, 3.05) is 32.8 Å². The van der Waals surface area contributed by atoms with Crippen LogP contribution in [0.4, 0.5) is 0 Å². The highest BCUT2D eigenvalue weighted by Gasteiger charge is 2.45. The van der Waals surface area contributed by atoms with Crippen LogP contribution in [-0.4, -0.2) is 48.8 Å². The maximum atomic E-state index is 10.7. The smallest absolute Gasteiger partial charge is 0.303 e. The number of carboxylic acid groups (broad SMARTS) is 1. The van der Waals surface area contributed by atoms with Gasteiger partial charge in [-0.2, -0.15) is 0 Å². The molecule has 0 amide bonds. The Morgan fingerprint density at radius 3 is 2.50 bits per heavy atom.